The molecule has 1 saturated heterocycles. The van der Waals surface area contributed by atoms with E-state index in [1.54, 1.807) is 11.4 Å². The summed E-state index contributed by atoms with van der Waals surface area (Å²) in [5.41, 5.74) is 1.69. The minimum atomic E-state index is -2.59. The summed E-state index contributed by atoms with van der Waals surface area (Å²) >= 11 is 2.95. The van der Waals surface area contributed by atoms with Crippen LogP contribution in [0.1, 0.15) is 15.2 Å². The lowest BCUT2D eigenvalue weighted by Crippen LogP contribution is -2.44. The van der Waals surface area contributed by atoms with Gasteiger partial charge in [-0.25, -0.2) is 0 Å². The number of aryl methyl sites for hydroxylation is 1. The molecule has 138 valence electrons. The largest absolute Gasteiger partial charge is 0.324 e. The number of nitrogens with one attached hydrogen (secondary N) is 1. The fourth-order valence-electron chi connectivity index (χ4n) is 2.58. The Balaban J connectivity index is 1.74. The van der Waals surface area contributed by atoms with Crippen LogP contribution in [0.4, 0.5) is 14.5 Å². The van der Waals surface area contributed by atoms with E-state index in [9.17, 15) is 18.4 Å². The maximum atomic E-state index is 12.8. The molecule has 1 atom stereocenters. The summed E-state index contributed by atoms with van der Waals surface area (Å²) in [6.07, 6.45) is 0. The maximum Gasteiger partial charge on any atom is 0.288 e. The monoisotopic (exact) mass is 414 g/mol. The lowest BCUT2D eigenvalue weighted by molar-refractivity contribution is -0.119. The van der Waals surface area contributed by atoms with Gasteiger partial charge in [-0.2, -0.15) is 8.78 Å². The molecule has 26 heavy (non-hydrogen) atoms. The Bertz CT molecular complexity index is 813. The molecular formula is C17H16F2N2O2S3. The average molecular weight is 415 g/mol. The first-order valence-electron chi connectivity index (χ1n) is 7.74. The zero-order valence-electron chi connectivity index (χ0n) is 13.8. The van der Waals surface area contributed by atoms with Crippen molar-refractivity contribution in [3.63, 3.8) is 0 Å². The molecule has 1 fully saturated rings. The predicted molar refractivity (Wildman–Crippen MR) is 103 cm³/mol. The molecule has 0 aliphatic carbocycles. The van der Waals surface area contributed by atoms with Crippen LogP contribution in [-0.4, -0.2) is 40.1 Å². The third-order valence-corrected chi connectivity index (χ3v) is 6.59. The van der Waals surface area contributed by atoms with Gasteiger partial charge >= 0.3 is 0 Å². The van der Waals surface area contributed by atoms with Crippen LogP contribution in [0.3, 0.4) is 0 Å². The van der Waals surface area contributed by atoms with Gasteiger partial charge in [0.25, 0.3) is 11.7 Å². The molecule has 9 heteroatoms. The Morgan fingerprint density at radius 3 is 2.88 bits per heavy atom. The van der Waals surface area contributed by atoms with Crippen molar-refractivity contribution in [2.45, 2.75) is 23.6 Å². The molecule has 2 amide bonds. The first-order valence-corrected chi connectivity index (χ1v) is 10.7. The van der Waals surface area contributed by atoms with Crippen LogP contribution in [0, 0.1) is 6.92 Å². The van der Waals surface area contributed by atoms with Crippen LogP contribution < -0.4 is 5.32 Å². The Kier molecular flexibility index (Phi) is 6.20. The summed E-state index contributed by atoms with van der Waals surface area (Å²) in [7, 11) is 0. The fourth-order valence-corrected chi connectivity index (χ4v) is 5.39. The number of alkyl halides is 2. The number of amides is 2. The molecule has 1 aromatic carbocycles. The lowest BCUT2D eigenvalue weighted by Gasteiger charge is -2.23. The molecule has 3 rings (SSSR count). The number of anilines is 1. The molecule has 1 aliphatic heterocycles. The van der Waals surface area contributed by atoms with Gasteiger partial charge in [-0.3, -0.25) is 9.59 Å². The van der Waals surface area contributed by atoms with E-state index in [-0.39, 0.29) is 21.6 Å². The van der Waals surface area contributed by atoms with Gasteiger partial charge in [-0.05, 0) is 36.1 Å². The first-order chi connectivity index (χ1) is 12.5. The zero-order chi connectivity index (χ0) is 18.7. The van der Waals surface area contributed by atoms with Crippen molar-refractivity contribution in [1.29, 1.82) is 0 Å². The van der Waals surface area contributed by atoms with Crippen LogP contribution in [0.5, 0.6) is 0 Å². The summed E-state index contributed by atoms with van der Waals surface area (Å²) < 4.78 is 25.3. The van der Waals surface area contributed by atoms with E-state index in [1.165, 1.54) is 22.7 Å². The number of halogens is 2. The third-order valence-electron chi connectivity index (χ3n) is 3.77. The van der Waals surface area contributed by atoms with Crippen LogP contribution in [0.15, 0.2) is 40.6 Å². The molecule has 0 radical (unpaired) electrons. The maximum absolute atomic E-state index is 12.8. The van der Waals surface area contributed by atoms with Gasteiger partial charge in [0.2, 0.25) is 5.91 Å². The number of carbonyl (C=O) groups is 2. The van der Waals surface area contributed by atoms with Gasteiger partial charge in [-0.1, -0.05) is 23.9 Å². The highest BCUT2D eigenvalue weighted by Crippen LogP contribution is 2.34. The van der Waals surface area contributed by atoms with Crippen molar-refractivity contribution in [3.05, 3.63) is 46.2 Å². The van der Waals surface area contributed by atoms with Crippen LogP contribution in [-0.2, 0) is 4.79 Å². The van der Waals surface area contributed by atoms with Crippen LogP contribution in [0.2, 0.25) is 0 Å². The summed E-state index contributed by atoms with van der Waals surface area (Å²) in [6.45, 7) is 1.93. The van der Waals surface area contributed by atoms with Crippen molar-refractivity contribution in [2.24, 2.45) is 0 Å². The van der Waals surface area contributed by atoms with E-state index in [0.29, 0.717) is 29.1 Å². The molecule has 0 bridgehead atoms. The number of carbonyl (C=O) groups excluding carboxylic acids is 2. The highest BCUT2D eigenvalue weighted by molar-refractivity contribution is 8.00. The standard InChI is InChI=1S/C17H16F2N2O2S3/c1-10-3-2-4-11(7-10)20-15(22)12-8-24-9-21(12)16(23)14-13(5-6-25-14)26-17(18)19/h2-7,12,17H,8-9H2,1H3,(H,20,22). The van der Waals surface area contributed by atoms with Crippen LogP contribution >= 0.6 is 34.9 Å². The minimum absolute atomic E-state index is 0.254. The van der Waals surface area contributed by atoms with E-state index in [0.717, 1.165) is 16.9 Å². The van der Waals surface area contributed by atoms with Crippen molar-refractivity contribution in [2.75, 3.05) is 16.9 Å². The number of thioether (sulfide) groups is 2. The zero-order valence-corrected chi connectivity index (χ0v) is 16.2. The first kappa shape index (κ1) is 19.2. The quantitative estimate of drug-likeness (QED) is 0.731. The van der Waals surface area contributed by atoms with E-state index in [2.05, 4.69) is 5.32 Å². The molecule has 1 N–H and O–H groups in total. The normalized spacial score (nSPS) is 16.9. The number of thiophene rings is 1. The number of hydrogen-bond acceptors (Lipinski definition) is 5. The molecule has 1 unspecified atom stereocenters. The van der Waals surface area contributed by atoms with Gasteiger partial charge in [0.1, 0.15) is 10.9 Å². The Hall–Kier alpha value is -1.58. The topological polar surface area (TPSA) is 49.4 Å². The van der Waals surface area contributed by atoms with Crippen molar-refractivity contribution < 1.29 is 18.4 Å². The minimum Gasteiger partial charge on any atom is -0.324 e. The van der Waals surface area contributed by atoms with E-state index in [1.807, 2.05) is 25.1 Å². The number of benzene rings is 1. The molecule has 0 saturated carbocycles. The number of rotatable bonds is 5. The molecule has 4 nitrogen and oxygen atoms in total. The molecule has 2 heterocycles. The van der Waals surface area contributed by atoms with Crippen molar-refractivity contribution in [3.8, 4) is 0 Å². The summed E-state index contributed by atoms with van der Waals surface area (Å²) in [5.74, 6) is -2.40. The van der Waals surface area contributed by atoms with E-state index in [4.69, 9.17) is 0 Å². The SMILES string of the molecule is Cc1cccc(NC(=O)C2CSCN2C(=O)c2sccc2SC(F)F)c1. The van der Waals surface area contributed by atoms with Gasteiger partial charge in [0, 0.05) is 16.3 Å². The molecule has 1 aliphatic rings. The van der Waals surface area contributed by atoms with Crippen molar-refractivity contribution >= 4 is 52.4 Å². The third kappa shape index (κ3) is 4.39. The second kappa shape index (κ2) is 8.41. The smallest absolute Gasteiger partial charge is 0.288 e. The fraction of sp³-hybridized carbons (Fsp3) is 0.294. The number of nitrogens with zero attached hydrogens (tertiary/aromatic N) is 1. The molecule has 2 aromatic rings. The Morgan fingerprint density at radius 2 is 2.15 bits per heavy atom. The lowest BCUT2D eigenvalue weighted by atomic mass is 10.2. The van der Waals surface area contributed by atoms with Gasteiger partial charge in [0.15, 0.2) is 0 Å². The van der Waals surface area contributed by atoms with Gasteiger partial charge < -0.3 is 10.2 Å². The van der Waals surface area contributed by atoms with E-state index < -0.39 is 11.8 Å². The Morgan fingerprint density at radius 1 is 1.35 bits per heavy atom. The molecule has 1 aromatic heterocycles. The second-order valence-electron chi connectivity index (χ2n) is 5.64. The summed E-state index contributed by atoms with van der Waals surface area (Å²) in [6, 6.07) is 8.30. The van der Waals surface area contributed by atoms with E-state index >= 15 is 0 Å². The highest BCUT2D eigenvalue weighted by Gasteiger charge is 2.36. The van der Waals surface area contributed by atoms with Crippen LogP contribution in [0.25, 0.3) is 0 Å². The van der Waals surface area contributed by atoms with Gasteiger partial charge in [-0.15, -0.1) is 23.1 Å². The average Bonchev–Trinajstić information content (AvgIpc) is 3.22. The second-order valence-corrected chi connectivity index (χ2v) is 8.59. The number of hydrogen-bond donors (Lipinski definition) is 1. The highest BCUT2D eigenvalue weighted by atomic mass is 32.2. The predicted octanol–water partition coefficient (Wildman–Crippen LogP) is 4.53. The molecular weight excluding hydrogens is 398 g/mol. The Labute approximate surface area is 162 Å². The van der Waals surface area contributed by atoms with Crippen molar-refractivity contribution in [1.82, 2.24) is 4.90 Å². The summed E-state index contributed by atoms with van der Waals surface area (Å²) in [4.78, 5) is 27.4. The van der Waals surface area contributed by atoms with Gasteiger partial charge in [0.05, 0.1) is 5.88 Å². The molecule has 0 spiro atoms. The summed E-state index contributed by atoms with van der Waals surface area (Å²) in [5, 5.41) is 4.45.